The fourth-order valence-electron chi connectivity index (χ4n) is 2.19. The van der Waals surface area contributed by atoms with Crippen molar-refractivity contribution in [2.75, 3.05) is 6.54 Å². The van der Waals surface area contributed by atoms with Gasteiger partial charge in [0.15, 0.2) is 0 Å². The molecule has 0 bridgehead atoms. The first kappa shape index (κ1) is 13.7. The van der Waals surface area contributed by atoms with Crippen LogP contribution < -0.4 is 0 Å². The SMILES string of the molecule is CCN(C(C)c1ccccc1)C(C)(C)C(=O)O. The molecule has 0 aliphatic heterocycles. The summed E-state index contributed by atoms with van der Waals surface area (Å²) in [5, 5.41) is 9.30. The Morgan fingerprint density at radius 2 is 1.88 bits per heavy atom. The molecule has 0 fully saturated rings. The molecule has 1 aromatic carbocycles. The predicted molar refractivity (Wildman–Crippen MR) is 69.0 cm³/mol. The average molecular weight is 235 g/mol. The van der Waals surface area contributed by atoms with Crippen LogP contribution in [0.3, 0.4) is 0 Å². The molecule has 3 nitrogen and oxygen atoms in total. The van der Waals surface area contributed by atoms with Gasteiger partial charge in [-0.25, -0.2) is 0 Å². The number of carboxylic acids is 1. The number of hydrogen-bond acceptors (Lipinski definition) is 2. The molecule has 0 aliphatic rings. The molecule has 1 aromatic rings. The number of carboxylic acid groups (broad SMARTS) is 1. The van der Waals surface area contributed by atoms with Gasteiger partial charge >= 0.3 is 5.97 Å². The first-order chi connectivity index (χ1) is 7.91. The molecule has 3 heteroatoms. The van der Waals surface area contributed by atoms with Gasteiger partial charge in [0.25, 0.3) is 0 Å². The molecular weight excluding hydrogens is 214 g/mol. The van der Waals surface area contributed by atoms with Crippen LogP contribution in [-0.2, 0) is 4.79 Å². The summed E-state index contributed by atoms with van der Waals surface area (Å²) in [5.41, 5.74) is 0.285. The van der Waals surface area contributed by atoms with E-state index in [4.69, 9.17) is 0 Å². The van der Waals surface area contributed by atoms with Crippen molar-refractivity contribution in [3.8, 4) is 0 Å². The van der Waals surface area contributed by atoms with Gasteiger partial charge < -0.3 is 5.11 Å². The van der Waals surface area contributed by atoms with Crippen LogP contribution in [0.15, 0.2) is 30.3 Å². The van der Waals surface area contributed by atoms with Crippen LogP contribution in [0.1, 0.15) is 39.3 Å². The molecule has 0 aromatic heterocycles. The summed E-state index contributed by atoms with van der Waals surface area (Å²) in [5.74, 6) is -0.790. The third kappa shape index (κ3) is 2.86. The smallest absolute Gasteiger partial charge is 0.323 e. The van der Waals surface area contributed by atoms with Crippen LogP contribution in [-0.4, -0.2) is 28.1 Å². The molecule has 94 valence electrons. The highest BCUT2D eigenvalue weighted by Crippen LogP contribution is 2.27. The van der Waals surface area contributed by atoms with E-state index in [1.807, 2.05) is 49.1 Å². The standard InChI is InChI=1S/C14H21NO2/c1-5-15(14(3,4)13(16)17)11(2)12-9-7-6-8-10-12/h6-11H,5H2,1-4H3,(H,16,17). The molecule has 0 aliphatic carbocycles. The Morgan fingerprint density at radius 3 is 2.29 bits per heavy atom. The van der Waals surface area contributed by atoms with Gasteiger partial charge in [-0.15, -0.1) is 0 Å². The lowest BCUT2D eigenvalue weighted by molar-refractivity contribution is -0.150. The summed E-state index contributed by atoms with van der Waals surface area (Å²) >= 11 is 0. The van der Waals surface area contributed by atoms with Crippen molar-refractivity contribution >= 4 is 5.97 Å². The van der Waals surface area contributed by atoms with E-state index in [1.54, 1.807) is 13.8 Å². The molecule has 0 radical (unpaired) electrons. The summed E-state index contributed by atoms with van der Waals surface area (Å²) in [7, 11) is 0. The molecule has 17 heavy (non-hydrogen) atoms. The topological polar surface area (TPSA) is 40.5 Å². The monoisotopic (exact) mass is 235 g/mol. The highest BCUT2D eigenvalue weighted by molar-refractivity contribution is 5.77. The molecular formula is C14H21NO2. The highest BCUT2D eigenvalue weighted by Gasteiger charge is 2.36. The quantitative estimate of drug-likeness (QED) is 0.853. The number of hydrogen-bond donors (Lipinski definition) is 1. The Morgan fingerprint density at radius 1 is 1.35 bits per heavy atom. The predicted octanol–water partition coefficient (Wildman–Crippen LogP) is 2.93. The van der Waals surface area contributed by atoms with Crippen LogP contribution in [0.2, 0.25) is 0 Å². The molecule has 1 unspecified atom stereocenters. The first-order valence-corrected chi connectivity index (χ1v) is 5.96. The van der Waals surface area contributed by atoms with Gasteiger partial charge in [-0.1, -0.05) is 37.3 Å². The Bertz CT molecular complexity index is 373. The van der Waals surface area contributed by atoms with E-state index in [9.17, 15) is 9.90 Å². The van der Waals surface area contributed by atoms with E-state index < -0.39 is 11.5 Å². The number of likely N-dealkylation sites (N-methyl/N-ethyl adjacent to an activating group) is 1. The second-order valence-corrected chi connectivity index (χ2v) is 4.74. The Labute approximate surface area is 103 Å². The van der Waals surface area contributed by atoms with Gasteiger partial charge in [-0.2, -0.15) is 0 Å². The van der Waals surface area contributed by atoms with Crippen LogP contribution >= 0.6 is 0 Å². The minimum Gasteiger partial charge on any atom is -0.480 e. The van der Waals surface area contributed by atoms with Crippen molar-refractivity contribution in [3.63, 3.8) is 0 Å². The van der Waals surface area contributed by atoms with Crippen molar-refractivity contribution in [2.24, 2.45) is 0 Å². The van der Waals surface area contributed by atoms with E-state index in [0.29, 0.717) is 6.54 Å². The Kier molecular flexibility index (Phi) is 4.29. The number of benzene rings is 1. The number of carbonyl (C=O) groups is 1. The van der Waals surface area contributed by atoms with E-state index in [2.05, 4.69) is 0 Å². The van der Waals surface area contributed by atoms with Crippen LogP contribution in [0.5, 0.6) is 0 Å². The average Bonchev–Trinajstić information content (AvgIpc) is 2.30. The van der Waals surface area contributed by atoms with E-state index >= 15 is 0 Å². The Hall–Kier alpha value is -1.35. The molecule has 0 spiro atoms. The van der Waals surface area contributed by atoms with Gasteiger partial charge in [0.1, 0.15) is 5.54 Å². The molecule has 0 saturated heterocycles. The summed E-state index contributed by atoms with van der Waals surface area (Å²) in [6.45, 7) is 8.24. The fourth-order valence-corrected chi connectivity index (χ4v) is 2.19. The Balaban J connectivity index is 3.00. The van der Waals surface area contributed by atoms with Crippen LogP contribution in [0, 0.1) is 0 Å². The van der Waals surface area contributed by atoms with E-state index in [1.165, 1.54) is 0 Å². The van der Waals surface area contributed by atoms with Gasteiger partial charge in [-0.05, 0) is 32.9 Å². The maximum atomic E-state index is 11.3. The number of nitrogens with zero attached hydrogens (tertiary/aromatic N) is 1. The fraction of sp³-hybridized carbons (Fsp3) is 0.500. The lowest BCUT2D eigenvalue weighted by atomic mass is 9.97. The third-order valence-electron chi connectivity index (χ3n) is 3.33. The summed E-state index contributed by atoms with van der Waals surface area (Å²) in [6, 6.07) is 10.1. The largest absolute Gasteiger partial charge is 0.480 e. The summed E-state index contributed by atoms with van der Waals surface area (Å²) in [6.07, 6.45) is 0. The van der Waals surface area contributed by atoms with Gasteiger partial charge in [0, 0.05) is 6.04 Å². The molecule has 1 atom stereocenters. The zero-order valence-electron chi connectivity index (χ0n) is 11.0. The second kappa shape index (κ2) is 5.32. The van der Waals surface area contributed by atoms with Crippen LogP contribution in [0.25, 0.3) is 0 Å². The lowest BCUT2D eigenvalue weighted by Crippen LogP contribution is -2.50. The summed E-state index contributed by atoms with van der Waals surface area (Å²) in [4.78, 5) is 13.3. The third-order valence-corrected chi connectivity index (χ3v) is 3.33. The van der Waals surface area contributed by atoms with Gasteiger partial charge in [0.05, 0.1) is 0 Å². The summed E-state index contributed by atoms with van der Waals surface area (Å²) < 4.78 is 0. The van der Waals surface area contributed by atoms with Gasteiger partial charge in [-0.3, -0.25) is 9.69 Å². The van der Waals surface area contributed by atoms with Crippen molar-refractivity contribution < 1.29 is 9.90 Å². The van der Waals surface area contributed by atoms with E-state index in [0.717, 1.165) is 5.56 Å². The number of aliphatic carboxylic acids is 1. The van der Waals surface area contributed by atoms with E-state index in [-0.39, 0.29) is 6.04 Å². The normalized spacial score (nSPS) is 13.7. The lowest BCUT2D eigenvalue weighted by Gasteiger charge is -2.39. The minimum absolute atomic E-state index is 0.0901. The van der Waals surface area contributed by atoms with Gasteiger partial charge in [0.2, 0.25) is 0 Å². The highest BCUT2D eigenvalue weighted by atomic mass is 16.4. The van der Waals surface area contributed by atoms with Crippen molar-refractivity contribution in [1.82, 2.24) is 4.90 Å². The molecule has 0 saturated carbocycles. The maximum Gasteiger partial charge on any atom is 0.323 e. The maximum absolute atomic E-state index is 11.3. The zero-order chi connectivity index (χ0) is 13.1. The number of rotatable bonds is 5. The molecule has 0 amide bonds. The first-order valence-electron chi connectivity index (χ1n) is 5.96. The minimum atomic E-state index is -0.857. The van der Waals surface area contributed by atoms with Crippen LogP contribution in [0.4, 0.5) is 0 Å². The van der Waals surface area contributed by atoms with Crippen molar-refractivity contribution in [3.05, 3.63) is 35.9 Å². The second-order valence-electron chi connectivity index (χ2n) is 4.74. The molecule has 1 N–H and O–H groups in total. The zero-order valence-corrected chi connectivity index (χ0v) is 11.0. The molecule has 0 heterocycles. The van der Waals surface area contributed by atoms with Crippen molar-refractivity contribution in [2.45, 2.75) is 39.3 Å². The molecule has 1 rings (SSSR count). The van der Waals surface area contributed by atoms with Crippen molar-refractivity contribution in [1.29, 1.82) is 0 Å².